The van der Waals surface area contributed by atoms with Crippen LogP contribution in [0.15, 0.2) is 71.3 Å². The van der Waals surface area contributed by atoms with Gasteiger partial charge in [-0.2, -0.15) is 0 Å². The molecule has 27 heavy (non-hydrogen) atoms. The molecule has 1 aliphatic heterocycles. The molecule has 0 fully saturated rings. The fourth-order valence-electron chi connectivity index (χ4n) is 3.73. The van der Waals surface area contributed by atoms with Crippen molar-refractivity contribution in [2.75, 3.05) is 0 Å². The summed E-state index contributed by atoms with van der Waals surface area (Å²) in [5.74, 6) is -0.753. The number of carbonyl (C=O) groups is 2. The predicted molar refractivity (Wildman–Crippen MR) is 110 cm³/mol. The van der Waals surface area contributed by atoms with E-state index in [4.69, 9.17) is 0 Å². The Kier molecular flexibility index (Phi) is 3.52. The summed E-state index contributed by atoms with van der Waals surface area (Å²) in [5.41, 5.74) is 3.17. The Bertz CT molecular complexity index is 1300. The zero-order valence-corrected chi connectivity index (χ0v) is 15.6. The highest BCUT2D eigenvalue weighted by molar-refractivity contribution is 9.10. The Labute approximate surface area is 163 Å². The SMILES string of the molecule is O=C1NC(=O)C(c2c[nH]c3ccccc23)=C1c1c(Br)ccc2ccccc12. The van der Waals surface area contributed by atoms with Crippen LogP contribution in [0.1, 0.15) is 11.1 Å². The average molecular weight is 417 g/mol. The lowest BCUT2D eigenvalue weighted by atomic mass is 9.92. The highest BCUT2D eigenvalue weighted by Crippen LogP contribution is 2.40. The number of amides is 2. The molecule has 0 saturated heterocycles. The van der Waals surface area contributed by atoms with Crippen molar-refractivity contribution < 1.29 is 9.59 Å². The van der Waals surface area contributed by atoms with E-state index in [1.807, 2.05) is 60.7 Å². The van der Waals surface area contributed by atoms with Gasteiger partial charge in [-0.1, -0.05) is 64.5 Å². The summed E-state index contributed by atoms with van der Waals surface area (Å²) in [5, 5.41) is 5.31. The van der Waals surface area contributed by atoms with Crippen molar-refractivity contribution >= 4 is 60.6 Å². The molecule has 5 rings (SSSR count). The van der Waals surface area contributed by atoms with Crippen LogP contribution in [0.25, 0.3) is 32.8 Å². The van der Waals surface area contributed by atoms with E-state index in [1.54, 1.807) is 6.20 Å². The van der Waals surface area contributed by atoms with Crippen LogP contribution in [0.5, 0.6) is 0 Å². The monoisotopic (exact) mass is 416 g/mol. The van der Waals surface area contributed by atoms with Crippen LogP contribution in [0.3, 0.4) is 0 Å². The van der Waals surface area contributed by atoms with Crippen molar-refractivity contribution in [2.45, 2.75) is 0 Å². The highest BCUT2D eigenvalue weighted by atomic mass is 79.9. The number of para-hydroxylation sites is 1. The maximum Gasteiger partial charge on any atom is 0.259 e. The van der Waals surface area contributed by atoms with Crippen LogP contribution in [-0.4, -0.2) is 16.8 Å². The van der Waals surface area contributed by atoms with Crippen molar-refractivity contribution in [1.82, 2.24) is 10.3 Å². The van der Waals surface area contributed by atoms with Gasteiger partial charge < -0.3 is 4.98 Å². The normalized spacial score (nSPS) is 14.4. The molecule has 4 nitrogen and oxygen atoms in total. The molecule has 0 saturated carbocycles. The van der Waals surface area contributed by atoms with Crippen LogP contribution in [0.4, 0.5) is 0 Å². The quantitative estimate of drug-likeness (QED) is 0.467. The second kappa shape index (κ2) is 5.93. The summed E-state index contributed by atoms with van der Waals surface area (Å²) in [7, 11) is 0. The molecule has 2 heterocycles. The van der Waals surface area contributed by atoms with Crippen molar-refractivity contribution in [3.63, 3.8) is 0 Å². The Balaban J connectivity index is 1.90. The second-order valence-corrected chi connectivity index (χ2v) is 7.28. The Morgan fingerprint density at radius 3 is 2.30 bits per heavy atom. The second-order valence-electron chi connectivity index (χ2n) is 6.42. The first-order valence-corrected chi connectivity index (χ1v) is 9.28. The molecule has 1 aromatic heterocycles. The van der Waals surface area contributed by atoms with Crippen molar-refractivity contribution in [3.05, 3.63) is 82.5 Å². The third kappa shape index (κ3) is 2.35. The van der Waals surface area contributed by atoms with Crippen LogP contribution >= 0.6 is 15.9 Å². The first-order chi connectivity index (χ1) is 13.1. The molecule has 0 aliphatic carbocycles. The summed E-state index contributed by atoms with van der Waals surface area (Å²) in [6.45, 7) is 0. The largest absolute Gasteiger partial charge is 0.361 e. The van der Waals surface area contributed by atoms with Crippen molar-refractivity contribution in [1.29, 1.82) is 0 Å². The maximum absolute atomic E-state index is 12.8. The number of hydrogen-bond acceptors (Lipinski definition) is 2. The van der Waals surface area contributed by atoms with Gasteiger partial charge in [-0.25, -0.2) is 0 Å². The van der Waals surface area contributed by atoms with E-state index in [2.05, 4.69) is 26.2 Å². The molecule has 0 radical (unpaired) electrons. The third-order valence-corrected chi connectivity index (χ3v) is 5.58. The number of fused-ring (bicyclic) bond motifs is 2. The lowest BCUT2D eigenvalue weighted by Crippen LogP contribution is -2.22. The van der Waals surface area contributed by atoms with E-state index in [0.29, 0.717) is 11.1 Å². The van der Waals surface area contributed by atoms with Crippen LogP contribution in [0.2, 0.25) is 0 Å². The number of nitrogens with one attached hydrogen (secondary N) is 2. The molecular formula is C22H13BrN2O2. The van der Waals surface area contributed by atoms with Crippen LogP contribution < -0.4 is 5.32 Å². The third-order valence-electron chi connectivity index (χ3n) is 4.92. The van der Waals surface area contributed by atoms with Gasteiger partial charge in [-0.3, -0.25) is 14.9 Å². The number of benzene rings is 3. The van der Waals surface area contributed by atoms with E-state index >= 15 is 0 Å². The maximum atomic E-state index is 12.8. The molecule has 0 bridgehead atoms. The molecule has 0 atom stereocenters. The van der Waals surface area contributed by atoms with Gasteiger partial charge in [0, 0.05) is 32.7 Å². The number of carbonyl (C=O) groups excluding carboxylic acids is 2. The molecule has 0 unspecified atom stereocenters. The van der Waals surface area contributed by atoms with Gasteiger partial charge in [0.15, 0.2) is 0 Å². The smallest absolute Gasteiger partial charge is 0.259 e. The molecule has 2 N–H and O–H groups in total. The van der Waals surface area contributed by atoms with Gasteiger partial charge in [-0.05, 0) is 22.9 Å². The van der Waals surface area contributed by atoms with E-state index in [-0.39, 0.29) is 11.8 Å². The summed E-state index contributed by atoms with van der Waals surface area (Å²) in [6, 6.07) is 19.5. The average Bonchev–Trinajstić information content (AvgIpc) is 3.22. The molecule has 2 amide bonds. The van der Waals surface area contributed by atoms with Gasteiger partial charge in [0.25, 0.3) is 11.8 Å². The first kappa shape index (κ1) is 16.0. The number of imide groups is 1. The minimum Gasteiger partial charge on any atom is -0.361 e. The topological polar surface area (TPSA) is 62.0 Å². The van der Waals surface area contributed by atoms with Gasteiger partial charge in [0.2, 0.25) is 0 Å². The lowest BCUT2D eigenvalue weighted by molar-refractivity contribution is -0.122. The molecule has 130 valence electrons. The summed E-state index contributed by atoms with van der Waals surface area (Å²) in [4.78, 5) is 28.7. The number of rotatable bonds is 2. The number of aromatic nitrogens is 1. The number of hydrogen-bond donors (Lipinski definition) is 2. The van der Waals surface area contributed by atoms with Crippen LogP contribution in [-0.2, 0) is 9.59 Å². The molecule has 0 spiro atoms. The van der Waals surface area contributed by atoms with E-state index in [9.17, 15) is 9.59 Å². The predicted octanol–water partition coefficient (Wildman–Crippen LogP) is 4.65. The molecule has 5 heteroatoms. The molecule has 1 aliphatic rings. The van der Waals surface area contributed by atoms with Crippen molar-refractivity contribution in [2.24, 2.45) is 0 Å². The van der Waals surface area contributed by atoms with E-state index < -0.39 is 0 Å². The summed E-state index contributed by atoms with van der Waals surface area (Å²) >= 11 is 3.58. The number of aromatic amines is 1. The highest BCUT2D eigenvalue weighted by Gasteiger charge is 2.35. The Morgan fingerprint density at radius 1 is 0.741 bits per heavy atom. The zero-order chi connectivity index (χ0) is 18.5. The molecular weight excluding hydrogens is 404 g/mol. The standard InChI is InChI=1S/C22H13BrN2O2/c23-16-10-9-12-5-1-2-6-13(12)18(16)20-19(21(26)25-22(20)27)15-11-24-17-8-4-3-7-14(15)17/h1-11,24H,(H,25,26,27). The summed E-state index contributed by atoms with van der Waals surface area (Å²) in [6.07, 6.45) is 1.79. The minimum atomic E-state index is -0.377. The lowest BCUT2D eigenvalue weighted by Gasteiger charge is -2.11. The minimum absolute atomic E-state index is 0.375. The Morgan fingerprint density at radius 2 is 1.44 bits per heavy atom. The van der Waals surface area contributed by atoms with Gasteiger partial charge in [0.05, 0.1) is 11.1 Å². The molecule has 3 aromatic carbocycles. The van der Waals surface area contributed by atoms with E-state index in [1.165, 1.54) is 0 Å². The fourth-order valence-corrected chi connectivity index (χ4v) is 4.27. The molecule has 4 aromatic rings. The van der Waals surface area contributed by atoms with Crippen LogP contribution in [0, 0.1) is 0 Å². The van der Waals surface area contributed by atoms with Gasteiger partial charge in [-0.15, -0.1) is 0 Å². The van der Waals surface area contributed by atoms with Gasteiger partial charge >= 0.3 is 0 Å². The van der Waals surface area contributed by atoms with Gasteiger partial charge in [0.1, 0.15) is 0 Å². The van der Waals surface area contributed by atoms with E-state index in [0.717, 1.165) is 37.3 Å². The van der Waals surface area contributed by atoms with Crippen molar-refractivity contribution in [3.8, 4) is 0 Å². The first-order valence-electron chi connectivity index (χ1n) is 8.49. The number of halogens is 1. The zero-order valence-electron chi connectivity index (χ0n) is 14.0. The number of H-pyrrole nitrogens is 1. The Hall–Kier alpha value is -3.18. The fraction of sp³-hybridized carbons (Fsp3) is 0. The summed E-state index contributed by atoms with van der Waals surface area (Å²) < 4.78 is 0.776.